The molecule has 0 N–H and O–H groups in total. The van der Waals surface area contributed by atoms with Crippen molar-refractivity contribution in [3.05, 3.63) is 34.4 Å². The molecule has 0 saturated carbocycles. The molecule has 0 amide bonds. The highest BCUT2D eigenvalue weighted by Gasteiger charge is 1.94. The number of nitrogens with zero attached hydrogens (tertiary/aromatic N) is 1. The third-order valence-electron chi connectivity index (χ3n) is 0.853. The van der Waals surface area contributed by atoms with Gasteiger partial charge in [-0.2, -0.15) is 0 Å². The van der Waals surface area contributed by atoms with Crippen LogP contribution < -0.4 is 0 Å². The fraction of sp³-hybridized carbons (Fsp3) is 0. The highest BCUT2D eigenvalue weighted by atomic mass is 79.9. The zero-order valence-electron chi connectivity index (χ0n) is 4.56. The van der Waals surface area contributed by atoms with Crippen molar-refractivity contribution in [3.63, 3.8) is 0 Å². The Morgan fingerprint density at radius 2 is 2.33 bits per heavy atom. The smallest absolute Gasteiger partial charge is 0.143 e. The van der Waals surface area contributed by atoms with Crippen molar-refractivity contribution >= 4 is 27.5 Å². The second kappa shape index (κ2) is 2.67. The molecular weight excluding hydrogens is 201 g/mol. The van der Waals surface area contributed by atoms with Gasteiger partial charge in [-0.1, -0.05) is 11.6 Å². The maximum Gasteiger partial charge on any atom is 0.143 e. The molecule has 0 aliphatic rings. The van der Waals surface area contributed by atoms with Crippen LogP contribution in [0, 0.1) is 6.92 Å². The van der Waals surface area contributed by atoms with Gasteiger partial charge < -0.3 is 0 Å². The molecule has 47 valence electrons. The van der Waals surface area contributed by atoms with Crippen LogP contribution in [0.25, 0.3) is 0 Å². The second-order valence-corrected chi connectivity index (χ2v) is 2.83. The van der Waals surface area contributed by atoms with Crippen molar-refractivity contribution < 1.29 is 0 Å². The predicted molar refractivity (Wildman–Crippen MR) is 41.4 cm³/mol. The van der Waals surface area contributed by atoms with Crippen molar-refractivity contribution in [2.75, 3.05) is 0 Å². The Bertz CT molecular complexity index is 224. The molecule has 0 atom stereocenters. The number of rotatable bonds is 0. The SMILES string of the molecule is [CH2]c1cnc(Cl)c(Br)c1. The van der Waals surface area contributed by atoms with Gasteiger partial charge in [-0.3, -0.25) is 0 Å². The summed E-state index contributed by atoms with van der Waals surface area (Å²) in [7, 11) is 0. The molecule has 1 aromatic rings. The van der Waals surface area contributed by atoms with Crippen molar-refractivity contribution in [1.82, 2.24) is 4.98 Å². The van der Waals surface area contributed by atoms with E-state index in [9.17, 15) is 0 Å². The molecule has 1 heterocycles. The Balaban J connectivity index is 3.17. The first-order valence-electron chi connectivity index (χ1n) is 2.33. The van der Waals surface area contributed by atoms with Crippen molar-refractivity contribution in [1.29, 1.82) is 0 Å². The van der Waals surface area contributed by atoms with E-state index in [0.717, 1.165) is 10.0 Å². The Morgan fingerprint density at radius 3 is 2.78 bits per heavy atom. The highest BCUT2D eigenvalue weighted by Crippen LogP contribution is 2.19. The summed E-state index contributed by atoms with van der Waals surface area (Å²) in [6.07, 6.45) is 1.62. The van der Waals surface area contributed by atoms with Gasteiger partial charge in [-0.15, -0.1) is 0 Å². The molecule has 1 aromatic heterocycles. The summed E-state index contributed by atoms with van der Waals surface area (Å²) < 4.78 is 0.789. The summed E-state index contributed by atoms with van der Waals surface area (Å²) in [5.74, 6) is 0. The zero-order chi connectivity index (χ0) is 6.85. The van der Waals surface area contributed by atoms with Crippen LogP contribution in [0.2, 0.25) is 5.15 Å². The Labute approximate surface area is 67.2 Å². The summed E-state index contributed by atoms with van der Waals surface area (Å²) in [5, 5.41) is 0.474. The fourth-order valence-corrected chi connectivity index (χ4v) is 0.961. The molecule has 0 aromatic carbocycles. The molecule has 1 radical (unpaired) electrons. The van der Waals surface area contributed by atoms with Gasteiger partial charge in [-0.05, 0) is 34.5 Å². The number of pyridine rings is 1. The molecule has 0 bridgehead atoms. The summed E-state index contributed by atoms with van der Waals surface area (Å²) in [6.45, 7) is 3.67. The maximum absolute atomic E-state index is 5.59. The third-order valence-corrected chi connectivity index (χ3v) is 1.99. The van der Waals surface area contributed by atoms with E-state index >= 15 is 0 Å². The number of hydrogen-bond donors (Lipinski definition) is 0. The summed E-state index contributed by atoms with van der Waals surface area (Å²) in [6, 6.07) is 1.81. The lowest BCUT2D eigenvalue weighted by Crippen LogP contribution is -1.77. The molecule has 0 saturated heterocycles. The van der Waals surface area contributed by atoms with E-state index in [0.29, 0.717) is 5.15 Å². The third kappa shape index (κ3) is 1.66. The van der Waals surface area contributed by atoms with E-state index in [4.69, 9.17) is 11.6 Å². The maximum atomic E-state index is 5.59. The van der Waals surface area contributed by atoms with Crippen LogP contribution >= 0.6 is 27.5 Å². The number of hydrogen-bond acceptors (Lipinski definition) is 1. The summed E-state index contributed by atoms with van der Waals surface area (Å²) in [4.78, 5) is 3.83. The van der Waals surface area contributed by atoms with Gasteiger partial charge in [0.1, 0.15) is 5.15 Å². The minimum absolute atomic E-state index is 0.474. The van der Waals surface area contributed by atoms with Crippen LogP contribution in [-0.4, -0.2) is 4.98 Å². The quantitative estimate of drug-likeness (QED) is 0.594. The Morgan fingerprint density at radius 1 is 1.67 bits per heavy atom. The van der Waals surface area contributed by atoms with Crippen LogP contribution in [0.4, 0.5) is 0 Å². The lowest BCUT2D eigenvalue weighted by molar-refractivity contribution is 1.29. The second-order valence-electron chi connectivity index (χ2n) is 1.62. The van der Waals surface area contributed by atoms with Crippen LogP contribution in [-0.2, 0) is 0 Å². The average molecular weight is 205 g/mol. The van der Waals surface area contributed by atoms with E-state index in [1.165, 1.54) is 0 Å². The first-order chi connectivity index (χ1) is 4.20. The average Bonchev–Trinajstić information content (AvgIpc) is 1.80. The topological polar surface area (TPSA) is 12.9 Å². The molecule has 1 rings (SSSR count). The van der Waals surface area contributed by atoms with Gasteiger partial charge in [0.2, 0.25) is 0 Å². The first kappa shape index (κ1) is 7.03. The van der Waals surface area contributed by atoms with Gasteiger partial charge >= 0.3 is 0 Å². The van der Waals surface area contributed by atoms with E-state index in [1.807, 2.05) is 6.07 Å². The van der Waals surface area contributed by atoms with E-state index in [-0.39, 0.29) is 0 Å². The molecular formula is C6H4BrClN. The molecule has 0 fully saturated rings. The summed E-state index contributed by atoms with van der Waals surface area (Å²) in [5.41, 5.74) is 0.853. The Kier molecular flexibility index (Phi) is 2.09. The predicted octanol–water partition coefficient (Wildman–Crippen LogP) is 2.68. The zero-order valence-corrected chi connectivity index (χ0v) is 6.91. The molecule has 0 aliphatic carbocycles. The largest absolute Gasteiger partial charge is 0.243 e. The van der Waals surface area contributed by atoms with Crippen molar-refractivity contribution in [2.45, 2.75) is 0 Å². The lowest BCUT2D eigenvalue weighted by atomic mass is 10.3. The minimum atomic E-state index is 0.474. The highest BCUT2D eigenvalue weighted by molar-refractivity contribution is 9.10. The van der Waals surface area contributed by atoms with Gasteiger partial charge in [0.05, 0.1) is 4.47 Å². The van der Waals surface area contributed by atoms with Crippen LogP contribution in [0.5, 0.6) is 0 Å². The molecule has 9 heavy (non-hydrogen) atoms. The van der Waals surface area contributed by atoms with Gasteiger partial charge in [0.25, 0.3) is 0 Å². The van der Waals surface area contributed by atoms with Gasteiger partial charge in [-0.25, -0.2) is 4.98 Å². The minimum Gasteiger partial charge on any atom is -0.243 e. The van der Waals surface area contributed by atoms with E-state index in [1.54, 1.807) is 6.20 Å². The monoisotopic (exact) mass is 204 g/mol. The summed E-state index contributed by atoms with van der Waals surface area (Å²) >= 11 is 8.81. The fourth-order valence-electron chi connectivity index (χ4n) is 0.461. The van der Waals surface area contributed by atoms with Crippen LogP contribution in [0.3, 0.4) is 0 Å². The van der Waals surface area contributed by atoms with Gasteiger partial charge in [0.15, 0.2) is 0 Å². The molecule has 0 aliphatic heterocycles. The van der Waals surface area contributed by atoms with Gasteiger partial charge in [0, 0.05) is 6.20 Å². The number of halogens is 2. The standard InChI is InChI=1S/C6H4BrClN/c1-4-2-5(7)6(8)9-3-4/h2-3H,1H2. The van der Waals surface area contributed by atoms with E-state index < -0.39 is 0 Å². The van der Waals surface area contributed by atoms with Crippen molar-refractivity contribution in [3.8, 4) is 0 Å². The molecule has 3 heteroatoms. The molecule has 0 spiro atoms. The van der Waals surface area contributed by atoms with Crippen LogP contribution in [0.15, 0.2) is 16.7 Å². The molecule has 1 nitrogen and oxygen atoms in total. The van der Waals surface area contributed by atoms with Crippen molar-refractivity contribution in [2.24, 2.45) is 0 Å². The first-order valence-corrected chi connectivity index (χ1v) is 3.50. The Hall–Kier alpha value is -0.0800. The van der Waals surface area contributed by atoms with Crippen LogP contribution in [0.1, 0.15) is 5.56 Å². The number of aromatic nitrogens is 1. The van der Waals surface area contributed by atoms with E-state index in [2.05, 4.69) is 27.8 Å². The normalized spacial score (nSPS) is 9.67. The molecule has 0 unspecified atom stereocenters. The lowest BCUT2D eigenvalue weighted by Gasteiger charge is -1.93.